The molecule has 1 aromatic rings. The first-order valence-corrected chi connectivity index (χ1v) is 11.4. The van der Waals surface area contributed by atoms with Gasteiger partial charge >= 0.3 is 6.03 Å². The van der Waals surface area contributed by atoms with Gasteiger partial charge in [-0.25, -0.2) is 4.79 Å². The number of rotatable bonds is 8. The molecule has 1 aromatic carbocycles. The number of hydrogen-bond donors (Lipinski definition) is 2. The minimum atomic E-state index is -0.197. The molecule has 2 aliphatic heterocycles. The second-order valence-electron chi connectivity index (χ2n) is 8.20. The van der Waals surface area contributed by atoms with Crippen LogP contribution in [0.25, 0.3) is 0 Å². The fourth-order valence-corrected chi connectivity index (χ4v) is 4.52. The van der Waals surface area contributed by atoms with Gasteiger partial charge in [0.05, 0.1) is 13.2 Å². The number of carbonyl (C=O) groups excluding carboxylic acids is 2. The zero-order valence-corrected chi connectivity index (χ0v) is 18.4. The number of anilines is 1. The largest absolute Gasteiger partial charge is 0.378 e. The number of benzene rings is 1. The van der Waals surface area contributed by atoms with E-state index in [1.165, 1.54) is 12.8 Å². The molecule has 2 N–H and O–H groups in total. The Labute approximate surface area is 180 Å². The highest BCUT2D eigenvalue weighted by Gasteiger charge is 2.27. The number of morpholine rings is 1. The van der Waals surface area contributed by atoms with Crippen LogP contribution < -0.4 is 10.6 Å². The minimum absolute atomic E-state index is 0.00734. The zero-order valence-electron chi connectivity index (χ0n) is 18.4. The van der Waals surface area contributed by atoms with Crippen LogP contribution in [0.3, 0.4) is 0 Å². The van der Waals surface area contributed by atoms with Gasteiger partial charge in [0, 0.05) is 36.9 Å². The summed E-state index contributed by atoms with van der Waals surface area (Å²) in [5.41, 5.74) is 1.32. The summed E-state index contributed by atoms with van der Waals surface area (Å²) < 4.78 is 5.30. The molecule has 2 saturated heterocycles. The molecule has 3 rings (SSSR count). The van der Waals surface area contributed by atoms with Gasteiger partial charge in [-0.15, -0.1) is 0 Å². The molecule has 3 amide bonds. The molecule has 0 spiro atoms. The normalized spacial score (nSPS) is 18.4. The summed E-state index contributed by atoms with van der Waals surface area (Å²) in [6.45, 7) is 9.79. The second-order valence-corrected chi connectivity index (χ2v) is 8.20. The molecule has 0 radical (unpaired) electrons. The van der Waals surface area contributed by atoms with E-state index in [2.05, 4.69) is 29.4 Å². The van der Waals surface area contributed by atoms with Crippen LogP contribution in [0, 0.1) is 5.92 Å². The molecule has 7 nitrogen and oxygen atoms in total. The molecule has 1 atom stereocenters. The average Bonchev–Trinajstić information content (AvgIpc) is 3.32. The third-order valence-corrected chi connectivity index (χ3v) is 6.36. The van der Waals surface area contributed by atoms with Crippen molar-refractivity contribution in [2.75, 3.05) is 51.3 Å². The maximum absolute atomic E-state index is 12.5. The summed E-state index contributed by atoms with van der Waals surface area (Å²) in [5, 5.41) is 5.96. The van der Waals surface area contributed by atoms with Crippen LogP contribution in [-0.4, -0.2) is 73.7 Å². The van der Waals surface area contributed by atoms with Crippen molar-refractivity contribution in [2.24, 2.45) is 5.92 Å². The van der Waals surface area contributed by atoms with Gasteiger partial charge in [0.1, 0.15) is 0 Å². The summed E-state index contributed by atoms with van der Waals surface area (Å²) in [4.78, 5) is 29.3. The third kappa shape index (κ3) is 5.95. The third-order valence-electron chi connectivity index (χ3n) is 6.36. The van der Waals surface area contributed by atoms with E-state index in [0.29, 0.717) is 56.1 Å². The van der Waals surface area contributed by atoms with Crippen LogP contribution in [0.1, 0.15) is 49.9 Å². The number of likely N-dealkylation sites (tertiary alicyclic amines) is 1. The lowest BCUT2D eigenvalue weighted by Crippen LogP contribution is -2.47. The lowest BCUT2D eigenvalue weighted by atomic mass is 9.93. The van der Waals surface area contributed by atoms with E-state index in [-0.39, 0.29) is 11.9 Å². The van der Waals surface area contributed by atoms with Gasteiger partial charge in [0.2, 0.25) is 0 Å². The average molecular weight is 417 g/mol. The smallest absolute Gasteiger partial charge is 0.319 e. The SMILES string of the molecule is CCC(CC)C(CNC(=O)Nc1ccc(C(=O)N2CCOCC2)cc1)N1CCCC1. The quantitative estimate of drug-likeness (QED) is 0.683. The van der Waals surface area contributed by atoms with Crippen LogP contribution in [-0.2, 0) is 4.74 Å². The number of amides is 3. The fraction of sp³-hybridized carbons (Fsp3) is 0.652. The van der Waals surface area contributed by atoms with Gasteiger partial charge < -0.3 is 20.3 Å². The van der Waals surface area contributed by atoms with Crippen molar-refractivity contribution in [3.05, 3.63) is 29.8 Å². The predicted molar refractivity (Wildman–Crippen MR) is 119 cm³/mol. The molecule has 7 heteroatoms. The van der Waals surface area contributed by atoms with Gasteiger partial charge in [0.15, 0.2) is 0 Å². The first kappa shape index (κ1) is 22.6. The molecule has 2 aliphatic rings. The molecule has 0 saturated carbocycles. The Morgan fingerprint density at radius 3 is 2.23 bits per heavy atom. The second kappa shape index (κ2) is 11.3. The predicted octanol–water partition coefficient (Wildman–Crippen LogP) is 3.18. The lowest BCUT2D eigenvalue weighted by molar-refractivity contribution is 0.0303. The van der Waals surface area contributed by atoms with Crippen LogP contribution in [0.15, 0.2) is 24.3 Å². The maximum atomic E-state index is 12.5. The van der Waals surface area contributed by atoms with Crippen molar-refractivity contribution < 1.29 is 14.3 Å². The molecule has 0 aromatic heterocycles. The van der Waals surface area contributed by atoms with Crippen molar-refractivity contribution in [1.29, 1.82) is 0 Å². The van der Waals surface area contributed by atoms with Crippen LogP contribution in [0.4, 0.5) is 10.5 Å². The molecular weight excluding hydrogens is 380 g/mol. The number of ether oxygens (including phenoxy) is 1. The van der Waals surface area contributed by atoms with E-state index >= 15 is 0 Å². The minimum Gasteiger partial charge on any atom is -0.378 e. The number of nitrogens with zero attached hydrogens (tertiary/aromatic N) is 2. The fourth-order valence-electron chi connectivity index (χ4n) is 4.52. The number of nitrogens with one attached hydrogen (secondary N) is 2. The topological polar surface area (TPSA) is 73.9 Å². The monoisotopic (exact) mass is 416 g/mol. The highest BCUT2D eigenvalue weighted by Crippen LogP contribution is 2.22. The highest BCUT2D eigenvalue weighted by atomic mass is 16.5. The molecule has 2 fully saturated rings. The highest BCUT2D eigenvalue weighted by molar-refractivity contribution is 5.95. The maximum Gasteiger partial charge on any atom is 0.319 e. The Morgan fingerprint density at radius 2 is 1.63 bits per heavy atom. The summed E-state index contributed by atoms with van der Waals surface area (Å²) in [6.07, 6.45) is 4.75. The molecule has 1 unspecified atom stereocenters. The number of hydrogen-bond acceptors (Lipinski definition) is 4. The standard InChI is InChI=1S/C23H36N4O3/c1-3-18(4-2)21(26-11-5-6-12-26)17-24-23(29)25-20-9-7-19(8-10-20)22(28)27-13-15-30-16-14-27/h7-10,18,21H,3-6,11-17H2,1-2H3,(H2,24,25,29). The molecule has 166 valence electrons. The Balaban J connectivity index is 1.51. The van der Waals surface area contributed by atoms with Crippen LogP contribution >= 0.6 is 0 Å². The molecule has 30 heavy (non-hydrogen) atoms. The first-order valence-electron chi connectivity index (χ1n) is 11.4. The first-order chi connectivity index (χ1) is 14.6. The van der Waals surface area contributed by atoms with Crippen molar-refractivity contribution in [2.45, 2.75) is 45.6 Å². The lowest BCUT2D eigenvalue weighted by Gasteiger charge is -2.33. The summed E-state index contributed by atoms with van der Waals surface area (Å²) in [5.74, 6) is 0.599. The number of urea groups is 1. The Hall–Kier alpha value is -2.12. The molecular formula is C23H36N4O3. The zero-order chi connectivity index (χ0) is 21.3. The van der Waals surface area contributed by atoms with E-state index in [1.807, 2.05) is 0 Å². The van der Waals surface area contributed by atoms with Gasteiger partial charge in [-0.05, 0) is 56.1 Å². The van der Waals surface area contributed by atoms with E-state index in [0.717, 1.165) is 25.9 Å². The molecule has 0 bridgehead atoms. The molecule has 2 heterocycles. The van der Waals surface area contributed by atoms with Crippen molar-refractivity contribution in [3.8, 4) is 0 Å². The Morgan fingerprint density at radius 1 is 1.00 bits per heavy atom. The summed E-state index contributed by atoms with van der Waals surface area (Å²) >= 11 is 0. The van der Waals surface area contributed by atoms with Gasteiger partial charge in [-0.3, -0.25) is 9.69 Å². The van der Waals surface area contributed by atoms with E-state index in [1.54, 1.807) is 29.2 Å². The Bertz CT molecular complexity index is 676. The summed E-state index contributed by atoms with van der Waals surface area (Å²) in [6, 6.07) is 7.30. The van der Waals surface area contributed by atoms with Crippen LogP contribution in [0.2, 0.25) is 0 Å². The van der Waals surface area contributed by atoms with Gasteiger partial charge in [-0.1, -0.05) is 26.7 Å². The van der Waals surface area contributed by atoms with E-state index in [4.69, 9.17) is 4.74 Å². The Kier molecular flexibility index (Phi) is 8.51. The summed E-state index contributed by atoms with van der Waals surface area (Å²) in [7, 11) is 0. The van der Waals surface area contributed by atoms with Gasteiger partial charge in [0.25, 0.3) is 5.91 Å². The van der Waals surface area contributed by atoms with Crippen LogP contribution in [0.5, 0.6) is 0 Å². The molecule has 0 aliphatic carbocycles. The van der Waals surface area contributed by atoms with E-state index in [9.17, 15) is 9.59 Å². The van der Waals surface area contributed by atoms with Crippen molar-refractivity contribution in [3.63, 3.8) is 0 Å². The van der Waals surface area contributed by atoms with Crippen molar-refractivity contribution in [1.82, 2.24) is 15.1 Å². The van der Waals surface area contributed by atoms with E-state index < -0.39 is 0 Å². The van der Waals surface area contributed by atoms with Gasteiger partial charge in [-0.2, -0.15) is 0 Å². The van der Waals surface area contributed by atoms with Crippen molar-refractivity contribution >= 4 is 17.6 Å². The number of carbonyl (C=O) groups is 2.